The minimum absolute atomic E-state index is 0.709. The molecule has 0 aliphatic carbocycles. The van der Waals surface area contributed by atoms with Crippen molar-refractivity contribution >= 4 is 11.8 Å². The Labute approximate surface area is 76.4 Å². The standard InChI is InChI=1S/C8H7N.CH3NO2/c1-7-3-5-8(9-2)6-4-7;2-1(3)4/h3-6H,1H3;2H2,(H,3,4). The lowest BCUT2D eigenvalue weighted by molar-refractivity contribution is 0.205. The molecule has 13 heavy (non-hydrogen) atoms. The second-order valence-corrected chi connectivity index (χ2v) is 2.29. The molecule has 0 saturated carbocycles. The Morgan fingerprint density at radius 2 is 1.85 bits per heavy atom. The fraction of sp³-hybridized carbons (Fsp3) is 0.111. The summed E-state index contributed by atoms with van der Waals surface area (Å²) in [5.74, 6) is 0. The van der Waals surface area contributed by atoms with Crippen molar-refractivity contribution in [3.8, 4) is 0 Å². The van der Waals surface area contributed by atoms with Gasteiger partial charge in [-0.25, -0.2) is 9.64 Å². The Morgan fingerprint density at radius 1 is 1.46 bits per heavy atom. The van der Waals surface area contributed by atoms with Crippen molar-refractivity contribution in [3.05, 3.63) is 41.2 Å². The molecule has 0 atom stereocenters. The van der Waals surface area contributed by atoms with Gasteiger partial charge < -0.3 is 10.8 Å². The monoisotopic (exact) mass is 178 g/mol. The summed E-state index contributed by atoms with van der Waals surface area (Å²) in [6, 6.07) is 7.52. The summed E-state index contributed by atoms with van der Waals surface area (Å²) in [7, 11) is 0. The van der Waals surface area contributed by atoms with Crippen LogP contribution in [0.4, 0.5) is 10.5 Å². The van der Waals surface area contributed by atoms with Gasteiger partial charge in [-0.05, 0) is 6.92 Å². The van der Waals surface area contributed by atoms with Crippen molar-refractivity contribution in [1.82, 2.24) is 0 Å². The molecule has 0 heterocycles. The van der Waals surface area contributed by atoms with E-state index in [1.807, 2.05) is 31.2 Å². The molecule has 0 radical (unpaired) electrons. The second-order valence-electron chi connectivity index (χ2n) is 2.29. The molecule has 0 spiro atoms. The van der Waals surface area contributed by atoms with Gasteiger partial charge in [-0.1, -0.05) is 29.8 Å². The molecule has 0 aliphatic heterocycles. The molecule has 0 fully saturated rings. The van der Waals surface area contributed by atoms with E-state index >= 15 is 0 Å². The number of carboxylic acid groups (broad SMARTS) is 1. The number of amides is 1. The first-order valence-corrected chi connectivity index (χ1v) is 3.48. The molecular formula is C9H10N2O2. The van der Waals surface area contributed by atoms with Crippen molar-refractivity contribution < 1.29 is 9.90 Å². The summed E-state index contributed by atoms with van der Waals surface area (Å²) in [6.45, 7) is 8.65. The molecule has 68 valence electrons. The molecule has 1 rings (SSSR count). The number of carbonyl (C=O) groups is 1. The number of primary amides is 1. The number of rotatable bonds is 0. The van der Waals surface area contributed by atoms with E-state index in [4.69, 9.17) is 16.5 Å². The number of hydrogen-bond donors (Lipinski definition) is 2. The smallest absolute Gasteiger partial charge is 0.402 e. The van der Waals surface area contributed by atoms with Crippen LogP contribution in [0.5, 0.6) is 0 Å². The van der Waals surface area contributed by atoms with Crippen LogP contribution >= 0.6 is 0 Å². The molecule has 0 bridgehead atoms. The molecule has 0 saturated heterocycles. The SMILES string of the molecule is NC(=O)O.[C-]#[N+]c1ccc(C)cc1. The van der Waals surface area contributed by atoms with Gasteiger partial charge in [0.2, 0.25) is 0 Å². The van der Waals surface area contributed by atoms with E-state index in [1.54, 1.807) is 0 Å². The van der Waals surface area contributed by atoms with E-state index in [0.717, 1.165) is 0 Å². The first-order chi connectivity index (χ1) is 6.06. The Bertz CT molecular complexity index is 307. The lowest BCUT2D eigenvalue weighted by Crippen LogP contribution is -2.03. The van der Waals surface area contributed by atoms with Gasteiger partial charge in [0.05, 0.1) is 6.57 Å². The fourth-order valence-corrected chi connectivity index (χ4v) is 0.619. The van der Waals surface area contributed by atoms with E-state index in [0.29, 0.717) is 5.69 Å². The van der Waals surface area contributed by atoms with Gasteiger partial charge in [-0.3, -0.25) is 0 Å². The van der Waals surface area contributed by atoms with Gasteiger partial charge >= 0.3 is 6.09 Å². The zero-order chi connectivity index (χ0) is 10.3. The van der Waals surface area contributed by atoms with Gasteiger partial charge in [-0.2, -0.15) is 0 Å². The van der Waals surface area contributed by atoms with Crippen LogP contribution < -0.4 is 5.73 Å². The van der Waals surface area contributed by atoms with Crippen LogP contribution in [0.15, 0.2) is 24.3 Å². The summed E-state index contributed by atoms with van der Waals surface area (Å²) in [5, 5.41) is 7.19. The Morgan fingerprint density at radius 3 is 2.15 bits per heavy atom. The second kappa shape index (κ2) is 5.61. The van der Waals surface area contributed by atoms with Crippen molar-refractivity contribution in [2.45, 2.75) is 6.92 Å². The van der Waals surface area contributed by atoms with Crippen LogP contribution in [0.3, 0.4) is 0 Å². The van der Waals surface area contributed by atoms with E-state index in [-0.39, 0.29) is 0 Å². The van der Waals surface area contributed by atoms with Crippen LogP contribution in [-0.2, 0) is 0 Å². The molecule has 1 amide bonds. The molecule has 4 nitrogen and oxygen atoms in total. The Balaban J connectivity index is 0.000000310. The van der Waals surface area contributed by atoms with Crippen LogP contribution in [-0.4, -0.2) is 11.2 Å². The highest BCUT2D eigenvalue weighted by atomic mass is 16.4. The summed E-state index contributed by atoms with van der Waals surface area (Å²) in [5.41, 5.74) is 5.93. The molecular weight excluding hydrogens is 168 g/mol. The number of aryl methyl sites for hydroxylation is 1. The molecule has 0 aromatic heterocycles. The highest BCUT2D eigenvalue weighted by Crippen LogP contribution is 2.10. The average molecular weight is 178 g/mol. The van der Waals surface area contributed by atoms with Crippen LogP contribution in [0.2, 0.25) is 0 Å². The zero-order valence-corrected chi connectivity index (χ0v) is 7.19. The highest BCUT2D eigenvalue weighted by Gasteiger charge is 1.85. The van der Waals surface area contributed by atoms with Gasteiger partial charge in [0.15, 0.2) is 5.69 Å². The lowest BCUT2D eigenvalue weighted by Gasteiger charge is -1.88. The third-order valence-electron chi connectivity index (χ3n) is 1.16. The van der Waals surface area contributed by atoms with E-state index < -0.39 is 6.09 Å². The highest BCUT2D eigenvalue weighted by molar-refractivity contribution is 5.61. The van der Waals surface area contributed by atoms with Gasteiger partial charge in [0, 0.05) is 0 Å². The fourth-order valence-electron chi connectivity index (χ4n) is 0.619. The van der Waals surface area contributed by atoms with Crippen LogP contribution in [0.25, 0.3) is 4.85 Å². The maximum Gasteiger partial charge on any atom is 0.402 e. The number of nitrogens with zero attached hydrogens (tertiary/aromatic N) is 1. The van der Waals surface area contributed by atoms with Crippen molar-refractivity contribution in [2.75, 3.05) is 0 Å². The quantitative estimate of drug-likeness (QED) is 0.598. The number of benzene rings is 1. The summed E-state index contributed by atoms with van der Waals surface area (Å²) < 4.78 is 0. The lowest BCUT2D eigenvalue weighted by atomic mass is 10.2. The third kappa shape index (κ3) is 6.38. The Hall–Kier alpha value is -2.02. The predicted molar refractivity (Wildman–Crippen MR) is 49.7 cm³/mol. The van der Waals surface area contributed by atoms with Crippen molar-refractivity contribution in [2.24, 2.45) is 5.73 Å². The minimum Gasteiger partial charge on any atom is -0.465 e. The zero-order valence-electron chi connectivity index (χ0n) is 7.19. The largest absolute Gasteiger partial charge is 0.465 e. The summed E-state index contributed by atoms with van der Waals surface area (Å²) in [6.07, 6.45) is -1.33. The van der Waals surface area contributed by atoms with Gasteiger partial charge in [0.25, 0.3) is 0 Å². The Kier molecular flexibility index (Phi) is 4.74. The molecule has 0 aliphatic rings. The molecule has 1 aromatic carbocycles. The average Bonchev–Trinajstić information content (AvgIpc) is 2.05. The predicted octanol–water partition coefficient (Wildman–Crippen LogP) is 2.17. The van der Waals surface area contributed by atoms with E-state index in [2.05, 4.69) is 10.6 Å². The van der Waals surface area contributed by atoms with Crippen molar-refractivity contribution in [1.29, 1.82) is 0 Å². The van der Waals surface area contributed by atoms with Gasteiger partial charge in [0.1, 0.15) is 0 Å². The maximum atomic E-state index is 8.78. The van der Waals surface area contributed by atoms with Crippen molar-refractivity contribution in [3.63, 3.8) is 0 Å². The van der Waals surface area contributed by atoms with E-state index in [9.17, 15) is 0 Å². The summed E-state index contributed by atoms with van der Waals surface area (Å²) >= 11 is 0. The number of hydrogen-bond acceptors (Lipinski definition) is 1. The van der Waals surface area contributed by atoms with E-state index in [1.165, 1.54) is 5.56 Å². The molecule has 3 N–H and O–H groups in total. The molecule has 4 heteroatoms. The molecule has 0 unspecified atom stereocenters. The molecule has 1 aromatic rings. The number of nitrogens with two attached hydrogens (primary N) is 1. The van der Waals surface area contributed by atoms with Crippen LogP contribution in [0.1, 0.15) is 5.56 Å². The van der Waals surface area contributed by atoms with Gasteiger partial charge in [-0.15, -0.1) is 0 Å². The van der Waals surface area contributed by atoms with Crippen LogP contribution in [0, 0.1) is 13.5 Å². The topological polar surface area (TPSA) is 67.7 Å². The first kappa shape index (κ1) is 11.0. The minimum atomic E-state index is -1.33. The third-order valence-corrected chi connectivity index (χ3v) is 1.16. The maximum absolute atomic E-state index is 8.78. The first-order valence-electron chi connectivity index (χ1n) is 3.48. The normalized spacial score (nSPS) is 7.69. The summed E-state index contributed by atoms with van der Waals surface area (Å²) in [4.78, 5) is 12.0.